The summed E-state index contributed by atoms with van der Waals surface area (Å²) in [6.07, 6.45) is 22.3. The summed E-state index contributed by atoms with van der Waals surface area (Å²) in [5.74, 6) is 1.30. The number of unbranched alkanes of at least 4 members (excludes halogenated alkanes) is 9. The Kier molecular flexibility index (Phi) is 14.7. The van der Waals surface area contributed by atoms with Gasteiger partial charge >= 0.3 is 0 Å². The van der Waals surface area contributed by atoms with Crippen molar-refractivity contribution >= 4 is 66.3 Å². The van der Waals surface area contributed by atoms with Crippen LogP contribution < -0.4 is 0 Å². The highest BCUT2D eigenvalue weighted by molar-refractivity contribution is 7.30. The van der Waals surface area contributed by atoms with E-state index in [1.54, 1.807) is 16.2 Å². The van der Waals surface area contributed by atoms with Crippen LogP contribution in [0.5, 0.6) is 0 Å². The molecule has 1 aliphatic heterocycles. The molecule has 50 heavy (non-hydrogen) atoms. The SMILES string of the molecule is CCCCCCCCN1C(=O)c2c(C)sc(-c3cc4c(s3)c3sc(C)cc3n4C(CC(CC)CCCCC)CC(CC)CCCCC)c2C1=O. The van der Waals surface area contributed by atoms with Crippen LogP contribution in [0.1, 0.15) is 187 Å². The number of amides is 2. The van der Waals surface area contributed by atoms with Crippen LogP contribution >= 0.6 is 34.0 Å². The third-order valence-electron chi connectivity index (χ3n) is 11.4. The summed E-state index contributed by atoms with van der Waals surface area (Å²) >= 11 is 5.42. The zero-order valence-corrected chi connectivity index (χ0v) is 34.7. The minimum Gasteiger partial charge on any atom is -0.336 e. The minimum absolute atomic E-state index is 0.0791. The number of carbonyl (C=O) groups excluding carboxylic acids is 2. The fourth-order valence-electron chi connectivity index (χ4n) is 8.42. The van der Waals surface area contributed by atoms with E-state index in [1.807, 2.05) is 29.6 Å². The molecule has 4 aromatic rings. The highest BCUT2D eigenvalue weighted by atomic mass is 32.1. The van der Waals surface area contributed by atoms with Gasteiger partial charge < -0.3 is 4.57 Å². The van der Waals surface area contributed by atoms with Crippen LogP contribution in [-0.2, 0) is 0 Å². The summed E-state index contributed by atoms with van der Waals surface area (Å²) in [6, 6.07) is 5.28. The summed E-state index contributed by atoms with van der Waals surface area (Å²) in [5.41, 5.74) is 4.07. The third-order valence-corrected chi connectivity index (χ3v) is 15.0. The Hall–Kier alpha value is -1.96. The van der Waals surface area contributed by atoms with Gasteiger partial charge in [-0.05, 0) is 57.1 Å². The van der Waals surface area contributed by atoms with Crippen molar-refractivity contribution in [3.8, 4) is 9.75 Å². The van der Waals surface area contributed by atoms with Crippen molar-refractivity contribution in [2.45, 2.75) is 170 Å². The molecule has 0 aromatic carbocycles. The molecule has 0 N–H and O–H groups in total. The molecule has 0 bridgehead atoms. The van der Waals surface area contributed by atoms with Gasteiger partial charge in [-0.25, -0.2) is 0 Å². The largest absolute Gasteiger partial charge is 0.336 e. The smallest absolute Gasteiger partial charge is 0.263 e. The maximum atomic E-state index is 14.0. The average Bonchev–Trinajstić information content (AvgIpc) is 3.89. The Balaban J connectivity index is 1.52. The van der Waals surface area contributed by atoms with Gasteiger partial charge in [0, 0.05) is 27.2 Å². The highest BCUT2D eigenvalue weighted by Gasteiger charge is 2.41. The number of fused-ring (bicyclic) bond motifs is 4. The predicted octanol–water partition coefficient (Wildman–Crippen LogP) is 14.8. The number of aromatic nitrogens is 1. The summed E-state index contributed by atoms with van der Waals surface area (Å²) < 4.78 is 5.50. The molecule has 5 heterocycles. The van der Waals surface area contributed by atoms with E-state index < -0.39 is 0 Å². The summed E-state index contributed by atoms with van der Waals surface area (Å²) in [7, 11) is 0. The second-order valence-corrected chi connectivity index (χ2v) is 18.7. The molecule has 0 radical (unpaired) electrons. The third kappa shape index (κ3) is 8.63. The molecule has 1 aliphatic rings. The predicted molar refractivity (Wildman–Crippen MR) is 221 cm³/mol. The van der Waals surface area contributed by atoms with Gasteiger partial charge in [-0.15, -0.1) is 34.0 Å². The molecule has 0 saturated carbocycles. The number of hydrogen-bond acceptors (Lipinski definition) is 5. The van der Waals surface area contributed by atoms with Crippen molar-refractivity contribution in [2.24, 2.45) is 11.8 Å². The van der Waals surface area contributed by atoms with Crippen molar-refractivity contribution in [3.05, 3.63) is 33.0 Å². The van der Waals surface area contributed by atoms with Gasteiger partial charge in [0.15, 0.2) is 0 Å². The first-order chi connectivity index (χ1) is 24.3. The number of thiophene rings is 3. The quantitative estimate of drug-likeness (QED) is 0.0562. The van der Waals surface area contributed by atoms with Crippen LogP contribution in [0.3, 0.4) is 0 Å². The molecule has 2 unspecified atom stereocenters. The van der Waals surface area contributed by atoms with Gasteiger partial charge in [-0.2, -0.15) is 0 Å². The van der Waals surface area contributed by atoms with E-state index in [4.69, 9.17) is 0 Å². The van der Waals surface area contributed by atoms with E-state index >= 15 is 0 Å². The van der Waals surface area contributed by atoms with Crippen LogP contribution in [0, 0.1) is 25.7 Å². The lowest BCUT2D eigenvalue weighted by molar-refractivity contribution is 0.0651. The maximum absolute atomic E-state index is 14.0. The van der Waals surface area contributed by atoms with E-state index in [0.29, 0.717) is 23.7 Å². The van der Waals surface area contributed by atoms with Crippen molar-refractivity contribution in [1.82, 2.24) is 9.47 Å². The molecule has 2 amide bonds. The fourth-order valence-corrected chi connectivity index (χ4v) is 12.0. The van der Waals surface area contributed by atoms with Crippen molar-refractivity contribution in [1.29, 1.82) is 0 Å². The first-order valence-corrected chi connectivity index (χ1v) is 22.8. The molecule has 0 fully saturated rings. The number of aryl methyl sites for hydroxylation is 2. The summed E-state index contributed by atoms with van der Waals surface area (Å²) in [6.45, 7) is 16.5. The van der Waals surface area contributed by atoms with Gasteiger partial charge in [-0.1, -0.05) is 131 Å². The number of nitrogens with zero attached hydrogens (tertiary/aromatic N) is 2. The molecule has 0 saturated heterocycles. The molecule has 5 rings (SSSR count). The Bertz CT molecular complexity index is 1680. The Morgan fingerprint density at radius 2 is 1.16 bits per heavy atom. The Morgan fingerprint density at radius 1 is 0.620 bits per heavy atom. The Labute approximate surface area is 315 Å². The van der Waals surface area contributed by atoms with Crippen LogP contribution in [0.4, 0.5) is 0 Å². The fraction of sp³-hybridized carbons (Fsp3) is 0.674. The molecular weight excluding hydrogens is 673 g/mol. The molecule has 7 heteroatoms. The highest BCUT2D eigenvalue weighted by Crippen LogP contribution is 2.50. The number of hydrogen-bond donors (Lipinski definition) is 0. The molecule has 4 aromatic heterocycles. The number of carbonyl (C=O) groups is 2. The molecule has 2 atom stereocenters. The summed E-state index contributed by atoms with van der Waals surface area (Å²) in [5, 5.41) is 0. The number of rotatable bonds is 23. The van der Waals surface area contributed by atoms with E-state index in [0.717, 1.165) is 39.3 Å². The minimum atomic E-state index is -0.0807. The molecule has 4 nitrogen and oxygen atoms in total. The molecule has 0 spiro atoms. The standard InChI is InChI=1S/C43H64N2O2S3/c1-8-13-16-17-18-21-24-44-42(46)37-30(7)49-41(38(37)43(44)47)36-28-35-40(50-36)39-34(25-29(6)48-39)45(35)33(26-31(11-4)22-19-14-9-2)27-32(12-5)23-20-15-10-3/h25,28,31-33H,8-24,26-27H2,1-7H3. The van der Waals surface area contributed by atoms with E-state index in [2.05, 4.69) is 58.2 Å². The van der Waals surface area contributed by atoms with Crippen LogP contribution in [0.2, 0.25) is 0 Å². The summed E-state index contributed by atoms with van der Waals surface area (Å²) in [4.78, 5) is 33.7. The first kappa shape index (κ1) is 39.3. The second-order valence-electron chi connectivity index (χ2n) is 15.2. The van der Waals surface area contributed by atoms with Crippen molar-refractivity contribution in [3.63, 3.8) is 0 Å². The zero-order chi connectivity index (χ0) is 35.8. The van der Waals surface area contributed by atoms with Gasteiger partial charge in [0.05, 0.1) is 36.4 Å². The second kappa shape index (κ2) is 18.7. The van der Waals surface area contributed by atoms with Gasteiger partial charge in [0.25, 0.3) is 11.8 Å². The van der Waals surface area contributed by atoms with Crippen molar-refractivity contribution in [2.75, 3.05) is 6.54 Å². The van der Waals surface area contributed by atoms with Gasteiger partial charge in [-0.3, -0.25) is 14.5 Å². The van der Waals surface area contributed by atoms with Crippen LogP contribution in [0.25, 0.3) is 30.2 Å². The van der Waals surface area contributed by atoms with Crippen LogP contribution in [0.15, 0.2) is 12.1 Å². The number of imide groups is 1. The molecular formula is C43H64N2O2S3. The van der Waals surface area contributed by atoms with Crippen molar-refractivity contribution < 1.29 is 9.59 Å². The van der Waals surface area contributed by atoms with E-state index in [-0.39, 0.29) is 11.8 Å². The zero-order valence-electron chi connectivity index (χ0n) is 32.3. The van der Waals surface area contributed by atoms with Crippen LogP contribution in [-0.4, -0.2) is 27.8 Å². The monoisotopic (exact) mass is 736 g/mol. The van der Waals surface area contributed by atoms with Gasteiger partial charge in [0.1, 0.15) is 0 Å². The normalized spacial score (nSPS) is 15.2. The van der Waals surface area contributed by atoms with Gasteiger partial charge in [0.2, 0.25) is 0 Å². The van der Waals surface area contributed by atoms with E-state index in [9.17, 15) is 9.59 Å². The molecule has 276 valence electrons. The lowest BCUT2D eigenvalue weighted by Gasteiger charge is -2.29. The lowest BCUT2D eigenvalue weighted by Crippen LogP contribution is -2.31. The topological polar surface area (TPSA) is 42.3 Å². The average molecular weight is 737 g/mol. The Morgan fingerprint density at radius 3 is 1.78 bits per heavy atom. The maximum Gasteiger partial charge on any atom is 0.263 e. The molecule has 0 aliphatic carbocycles. The lowest BCUT2D eigenvalue weighted by atomic mass is 9.85. The van der Waals surface area contributed by atoms with E-state index in [1.165, 1.54) is 128 Å². The first-order valence-electron chi connectivity index (χ1n) is 20.3.